The van der Waals surface area contributed by atoms with E-state index in [0.29, 0.717) is 32.7 Å². The van der Waals surface area contributed by atoms with Crippen LogP contribution < -0.4 is 0 Å². The highest BCUT2D eigenvalue weighted by atomic mass is 16.4. The number of benzene rings is 5. The van der Waals surface area contributed by atoms with Crippen LogP contribution in [-0.2, 0) is 0 Å². The summed E-state index contributed by atoms with van der Waals surface area (Å²) in [5.41, 5.74) is -0.171. The number of hydrogen-bond acceptors (Lipinski definition) is 4. The monoisotopic (exact) mass is 506 g/mol. The second-order valence-electron chi connectivity index (χ2n) is 8.52. The van der Waals surface area contributed by atoms with Crippen LogP contribution >= 0.6 is 0 Å². The summed E-state index contributed by atoms with van der Waals surface area (Å²) in [7, 11) is 0. The molecular weight excluding hydrogens is 488 g/mol. The standard InChI is InChI=1S/C30H18O8/c31-27(32)21-13-5-11-19(25(21)29(35)36)23-15-7-1-2-8-16(15)24(18-10-4-3-9-17(18)23)20-12-6-14-22(28(33)34)26(20)30(37)38/h1-14H,(H,31,32)(H,33,34)(H,35,36)(H,37,38). The highest BCUT2D eigenvalue weighted by Gasteiger charge is 2.27. The molecule has 0 aliphatic rings. The minimum atomic E-state index is -1.41. The van der Waals surface area contributed by atoms with Crippen molar-refractivity contribution in [3.05, 3.63) is 107 Å². The van der Waals surface area contributed by atoms with Gasteiger partial charge in [-0.25, -0.2) is 19.2 Å². The fraction of sp³-hybridized carbons (Fsp3) is 0. The molecule has 5 rings (SSSR count). The SMILES string of the molecule is O=C(O)c1cccc(-c2c3ccccc3c(-c3cccc(C(=O)O)c3C(=O)O)c3ccccc23)c1C(=O)O. The second-order valence-corrected chi connectivity index (χ2v) is 8.52. The Morgan fingerprint density at radius 1 is 0.395 bits per heavy atom. The van der Waals surface area contributed by atoms with Crippen LogP contribution in [0.4, 0.5) is 0 Å². The van der Waals surface area contributed by atoms with Crippen molar-refractivity contribution >= 4 is 45.4 Å². The molecule has 0 saturated carbocycles. The molecule has 0 saturated heterocycles. The lowest BCUT2D eigenvalue weighted by molar-refractivity contribution is 0.0652. The van der Waals surface area contributed by atoms with Gasteiger partial charge < -0.3 is 20.4 Å². The summed E-state index contributed by atoms with van der Waals surface area (Å²) >= 11 is 0. The Hall–Kier alpha value is -5.50. The molecule has 5 aromatic rings. The van der Waals surface area contributed by atoms with Gasteiger partial charge in [-0.3, -0.25) is 0 Å². The molecule has 0 fully saturated rings. The zero-order valence-electron chi connectivity index (χ0n) is 19.5. The molecule has 0 aliphatic heterocycles. The van der Waals surface area contributed by atoms with Gasteiger partial charge in [-0.15, -0.1) is 0 Å². The molecule has 8 nitrogen and oxygen atoms in total. The summed E-state index contributed by atoms with van der Waals surface area (Å²) in [6.07, 6.45) is 0. The van der Waals surface area contributed by atoms with E-state index in [2.05, 4.69) is 0 Å². The minimum absolute atomic E-state index is 0.189. The lowest BCUT2D eigenvalue weighted by atomic mass is 9.82. The quantitative estimate of drug-likeness (QED) is 0.201. The van der Waals surface area contributed by atoms with Crippen molar-refractivity contribution in [2.24, 2.45) is 0 Å². The van der Waals surface area contributed by atoms with Gasteiger partial charge in [-0.1, -0.05) is 72.8 Å². The molecule has 38 heavy (non-hydrogen) atoms. The van der Waals surface area contributed by atoms with E-state index in [1.807, 2.05) is 0 Å². The van der Waals surface area contributed by atoms with Crippen molar-refractivity contribution in [3.63, 3.8) is 0 Å². The van der Waals surface area contributed by atoms with Gasteiger partial charge in [-0.05, 0) is 55.9 Å². The average Bonchev–Trinajstić information content (AvgIpc) is 2.90. The van der Waals surface area contributed by atoms with Crippen LogP contribution in [0.3, 0.4) is 0 Å². The molecular formula is C30H18O8. The molecule has 0 spiro atoms. The number of carbonyl (C=O) groups is 4. The zero-order chi connectivity index (χ0) is 27.1. The van der Waals surface area contributed by atoms with E-state index in [1.165, 1.54) is 36.4 Å². The summed E-state index contributed by atoms with van der Waals surface area (Å²) in [6.45, 7) is 0. The predicted molar refractivity (Wildman–Crippen MR) is 140 cm³/mol. The largest absolute Gasteiger partial charge is 0.478 e. The van der Waals surface area contributed by atoms with Crippen molar-refractivity contribution in [2.45, 2.75) is 0 Å². The highest BCUT2D eigenvalue weighted by Crippen LogP contribution is 2.45. The third-order valence-corrected chi connectivity index (χ3v) is 6.49. The second kappa shape index (κ2) is 9.18. The summed E-state index contributed by atoms with van der Waals surface area (Å²) in [4.78, 5) is 48.4. The highest BCUT2D eigenvalue weighted by molar-refractivity contribution is 6.25. The maximum Gasteiger partial charge on any atom is 0.337 e. The third kappa shape index (κ3) is 3.72. The zero-order valence-corrected chi connectivity index (χ0v) is 19.5. The van der Waals surface area contributed by atoms with Crippen LogP contribution in [0.1, 0.15) is 41.4 Å². The van der Waals surface area contributed by atoms with Crippen LogP contribution in [-0.4, -0.2) is 44.3 Å². The Morgan fingerprint density at radius 2 is 0.711 bits per heavy atom. The normalized spacial score (nSPS) is 10.9. The maximum atomic E-state index is 12.3. The van der Waals surface area contributed by atoms with Crippen LogP contribution in [0, 0.1) is 0 Å². The van der Waals surface area contributed by atoms with Crippen LogP contribution in [0.15, 0.2) is 84.9 Å². The van der Waals surface area contributed by atoms with Gasteiger partial charge in [0, 0.05) is 0 Å². The first kappa shape index (κ1) is 24.2. The molecule has 8 heteroatoms. The summed E-state index contributed by atoms with van der Waals surface area (Å²) < 4.78 is 0. The Morgan fingerprint density at radius 3 is 0.974 bits per heavy atom. The van der Waals surface area contributed by atoms with Gasteiger partial charge in [0.15, 0.2) is 0 Å². The van der Waals surface area contributed by atoms with Crippen molar-refractivity contribution < 1.29 is 39.6 Å². The first-order valence-corrected chi connectivity index (χ1v) is 11.4. The molecule has 186 valence electrons. The fourth-order valence-electron chi connectivity index (χ4n) is 5.05. The molecule has 0 unspecified atom stereocenters. The first-order chi connectivity index (χ1) is 18.2. The topological polar surface area (TPSA) is 149 Å². The minimum Gasteiger partial charge on any atom is -0.478 e. The molecule has 0 radical (unpaired) electrons. The Bertz CT molecular complexity index is 1640. The Balaban J connectivity index is 2.03. The van der Waals surface area contributed by atoms with Gasteiger partial charge >= 0.3 is 23.9 Å². The van der Waals surface area contributed by atoms with Crippen LogP contribution in [0.25, 0.3) is 43.8 Å². The number of rotatable bonds is 6. The smallest absolute Gasteiger partial charge is 0.337 e. The van der Waals surface area contributed by atoms with E-state index >= 15 is 0 Å². The Labute approximate surface area is 214 Å². The summed E-state index contributed by atoms with van der Waals surface area (Å²) in [5.74, 6) is -5.58. The van der Waals surface area contributed by atoms with Crippen molar-refractivity contribution in [3.8, 4) is 22.3 Å². The van der Waals surface area contributed by atoms with Gasteiger partial charge in [0.05, 0.1) is 22.3 Å². The fourth-order valence-corrected chi connectivity index (χ4v) is 5.05. The van der Waals surface area contributed by atoms with E-state index in [0.717, 1.165) is 0 Å². The van der Waals surface area contributed by atoms with E-state index in [9.17, 15) is 39.6 Å². The number of aromatic carboxylic acids is 4. The lowest BCUT2D eigenvalue weighted by Gasteiger charge is -2.20. The summed E-state index contributed by atoms with van der Waals surface area (Å²) in [5, 5.41) is 41.6. The van der Waals surface area contributed by atoms with Gasteiger partial charge in [-0.2, -0.15) is 0 Å². The number of hydrogen-bond donors (Lipinski definition) is 4. The molecule has 0 atom stereocenters. The van der Waals surface area contributed by atoms with E-state index < -0.39 is 23.9 Å². The average molecular weight is 506 g/mol. The molecule has 4 N–H and O–H groups in total. The maximum absolute atomic E-state index is 12.3. The molecule has 0 amide bonds. The van der Waals surface area contributed by atoms with Crippen LogP contribution in [0.2, 0.25) is 0 Å². The van der Waals surface area contributed by atoms with Gasteiger partial charge in [0.25, 0.3) is 0 Å². The number of carboxylic acid groups (broad SMARTS) is 4. The van der Waals surface area contributed by atoms with Gasteiger partial charge in [0.2, 0.25) is 0 Å². The first-order valence-electron chi connectivity index (χ1n) is 11.4. The number of fused-ring (bicyclic) bond motifs is 2. The van der Waals surface area contributed by atoms with E-state index in [4.69, 9.17) is 0 Å². The molecule has 0 aromatic heterocycles. The number of carboxylic acids is 4. The van der Waals surface area contributed by atoms with Gasteiger partial charge in [0.1, 0.15) is 0 Å². The van der Waals surface area contributed by atoms with E-state index in [-0.39, 0.29) is 33.4 Å². The third-order valence-electron chi connectivity index (χ3n) is 6.49. The van der Waals surface area contributed by atoms with Crippen molar-refractivity contribution in [1.82, 2.24) is 0 Å². The van der Waals surface area contributed by atoms with Crippen molar-refractivity contribution in [1.29, 1.82) is 0 Å². The Kier molecular flexibility index (Phi) is 5.85. The lowest BCUT2D eigenvalue weighted by Crippen LogP contribution is -2.11. The molecule has 0 bridgehead atoms. The van der Waals surface area contributed by atoms with Crippen molar-refractivity contribution in [2.75, 3.05) is 0 Å². The van der Waals surface area contributed by atoms with E-state index in [1.54, 1.807) is 48.5 Å². The molecule has 0 heterocycles. The molecule has 0 aliphatic carbocycles. The summed E-state index contributed by atoms with van der Waals surface area (Å²) in [6, 6.07) is 22.4. The molecule has 5 aromatic carbocycles. The predicted octanol–water partition coefficient (Wildman–Crippen LogP) is 6.12. The van der Waals surface area contributed by atoms with Crippen LogP contribution in [0.5, 0.6) is 0 Å².